The van der Waals surface area contributed by atoms with Crippen LogP contribution in [0.5, 0.6) is 0 Å². The SMILES string of the molecule is N#C/C(=C\c1ccccc1F)c1nc(-c2cc3ccccc3oc2=O)cs1. The van der Waals surface area contributed by atoms with Gasteiger partial charge in [0.05, 0.1) is 16.8 Å². The third kappa shape index (κ3) is 3.28. The molecular formula is C21H11FN2O2S. The summed E-state index contributed by atoms with van der Waals surface area (Å²) in [6.45, 7) is 0. The Balaban J connectivity index is 1.77. The quantitative estimate of drug-likeness (QED) is 0.369. The minimum absolute atomic E-state index is 0.224. The Labute approximate surface area is 157 Å². The topological polar surface area (TPSA) is 66.9 Å². The zero-order valence-electron chi connectivity index (χ0n) is 13.8. The van der Waals surface area contributed by atoms with E-state index in [-0.39, 0.29) is 5.57 Å². The van der Waals surface area contributed by atoms with Crippen molar-refractivity contribution in [1.29, 1.82) is 5.26 Å². The second kappa shape index (κ2) is 6.98. The Bertz CT molecular complexity index is 1280. The van der Waals surface area contributed by atoms with Crippen molar-refractivity contribution < 1.29 is 8.81 Å². The van der Waals surface area contributed by atoms with Crippen molar-refractivity contribution in [1.82, 2.24) is 4.98 Å². The first-order chi connectivity index (χ1) is 13.2. The number of thiazole rings is 1. The third-order valence-electron chi connectivity index (χ3n) is 3.98. The second-order valence-electron chi connectivity index (χ2n) is 5.71. The summed E-state index contributed by atoms with van der Waals surface area (Å²) >= 11 is 1.21. The van der Waals surface area contributed by atoms with Crippen LogP contribution in [0.1, 0.15) is 10.6 Å². The first-order valence-corrected chi connectivity index (χ1v) is 8.89. The number of nitrogens with zero attached hydrogens (tertiary/aromatic N) is 2. The van der Waals surface area contributed by atoms with Crippen molar-refractivity contribution in [2.24, 2.45) is 0 Å². The molecular weight excluding hydrogens is 363 g/mol. The van der Waals surface area contributed by atoms with E-state index >= 15 is 0 Å². The smallest absolute Gasteiger partial charge is 0.345 e. The molecule has 0 atom stereocenters. The number of allylic oxidation sites excluding steroid dienone is 1. The fourth-order valence-corrected chi connectivity index (χ4v) is 3.44. The van der Waals surface area contributed by atoms with Crippen molar-refractivity contribution in [2.75, 3.05) is 0 Å². The van der Waals surface area contributed by atoms with Gasteiger partial charge in [0, 0.05) is 16.3 Å². The molecule has 4 aromatic rings. The molecule has 0 unspecified atom stereocenters. The maximum absolute atomic E-state index is 13.8. The molecule has 2 aromatic heterocycles. The number of hydrogen-bond acceptors (Lipinski definition) is 5. The summed E-state index contributed by atoms with van der Waals surface area (Å²) in [5, 5.41) is 12.3. The van der Waals surface area contributed by atoms with E-state index < -0.39 is 11.4 Å². The van der Waals surface area contributed by atoms with Crippen LogP contribution >= 0.6 is 11.3 Å². The van der Waals surface area contributed by atoms with E-state index in [0.29, 0.717) is 27.4 Å². The van der Waals surface area contributed by atoms with E-state index in [4.69, 9.17) is 4.42 Å². The number of halogens is 1. The van der Waals surface area contributed by atoms with Gasteiger partial charge in [-0.1, -0.05) is 36.4 Å². The minimum Gasteiger partial charge on any atom is -0.422 e. The van der Waals surface area contributed by atoms with Crippen LogP contribution in [0.4, 0.5) is 4.39 Å². The average Bonchev–Trinajstić information content (AvgIpc) is 3.16. The third-order valence-corrected chi connectivity index (χ3v) is 4.85. The minimum atomic E-state index is -0.498. The van der Waals surface area contributed by atoms with Gasteiger partial charge < -0.3 is 4.42 Å². The van der Waals surface area contributed by atoms with E-state index in [2.05, 4.69) is 4.98 Å². The van der Waals surface area contributed by atoms with Gasteiger partial charge >= 0.3 is 5.63 Å². The van der Waals surface area contributed by atoms with Crippen LogP contribution in [0.15, 0.2) is 69.2 Å². The van der Waals surface area contributed by atoms with E-state index in [1.165, 1.54) is 23.5 Å². The van der Waals surface area contributed by atoms with Crippen molar-refractivity contribution in [3.8, 4) is 17.3 Å². The highest BCUT2D eigenvalue weighted by atomic mass is 32.1. The Kier molecular flexibility index (Phi) is 4.37. The molecule has 2 heterocycles. The molecule has 27 heavy (non-hydrogen) atoms. The van der Waals surface area contributed by atoms with E-state index in [0.717, 1.165) is 5.39 Å². The average molecular weight is 374 g/mol. The maximum Gasteiger partial charge on any atom is 0.345 e. The van der Waals surface area contributed by atoms with Crippen molar-refractivity contribution in [3.63, 3.8) is 0 Å². The van der Waals surface area contributed by atoms with Crippen LogP contribution in [0, 0.1) is 17.1 Å². The van der Waals surface area contributed by atoms with Crippen molar-refractivity contribution in [2.45, 2.75) is 0 Å². The molecule has 0 bridgehead atoms. The standard InChI is InChI=1S/C21H11FN2O2S/c22-17-7-3-1-5-13(17)9-15(11-23)20-24-18(12-27-20)16-10-14-6-2-4-8-19(14)26-21(16)25/h1-10,12H/b15-9+. The van der Waals surface area contributed by atoms with E-state index in [9.17, 15) is 14.4 Å². The van der Waals surface area contributed by atoms with Gasteiger partial charge in [0.15, 0.2) is 0 Å². The lowest BCUT2D eigenvalue weighted by molar-refractivity contribution is 0.563. The number of aromatic nitrogens is 1. The van der Waals surface area contributed by atoms with Gasteiger partial charge in [-0.15, -0.1) is 11.3 Å². The highest BCUT2D eigenvalue weighted by molar-refractivity contribution is 7.11. The lowest BCUT2D eigenvalue weighted by Crippen LogP contribution is -2.02. The Morgan fingerprint density at radius 2 is 1.96 bits per heavy atom. The van der Waals surface area contributed by atoms with Gasteiger partial charge in [0.1, 0.15) is 22.5 Å². The highest BCUT2D eigenvalue weighted by Gasteiger charge is 2.14. The molecule has 130 valence electrons. The molecule has 2 aromatic carbocycles. The lowest BCUT2D eigenvalue weighted by atomic mass is 10.1. The predicted octanol–water partition coefficient (Wildman–Crippen LogP) is 5.12. The van der Waals surface area contributed by atoms with Gasteiger partial charge in [-0.05, 0) is 24.3 Å². The van der Waals surface area contributed by atoms with Gasteiger partial charge in [0.25, 0.3) is 0 Å². The largest absolute Gasteiger partial charge is 0.422 e. The molecule has 0 aliphatic rings. The van der Waals surface area contributed by atoms with E-state index in [1.54, 1.807) is 41.8 Å². The van der Waals surface area contributed by atoms with Crippen LogP contribution in [0.25, 0.3) is 33.9 Å². The van der Waals surface area contributed by atoms with Crippen LogP contribution in [-0.4, -0.2) is 4.98 Å². The molecule has 0 saturated heterocycles. The molecule has 0 aliphatic heterocycles. The zero-order chi connectivity index (χ0) is 18.8. The maximum atomic E-state index is 13.8. The molecule has 4 nitrogen and oxygen atoms in total. The Hall–Kier alpha value is -3.56. The van der Waals surface area contributed by atoms with Gasteiger partial charge in [0.2, 0.25) is 0 Å². The summed E-state index contributed by atoms with van der Waals surface area (Å²) in [6, 6.07) is 17.1. The van der Waals surface area contributed by atoms with Crippen LogP contribution in [0.3, 0.4) is 0 Å². The molecule has 0 spiro atoms. The summed E-state index contributed by atoms with van der Waals surface area (Å²) in [7, 11) is 0. The second-order valence-corrected chi connectivity index (χ2v) is 6.57. The van der Waals surface area contributed by atoms with Gasteiger partial charge in [-0.3, -0.25) is 0 Å². The molecule has 0 saturated carbocycles. The molecule has 0 radical (unpaired) electrons. The highest BCUT2D eigenvalue weighted by Crippen LogP contribution is 2.27. The summed E-state index contributed by atoms with van der Waals surface area (Å²) in [6.07, 6.45) is 1.45. The summed E-state index contributed by atoms with van der Waals surface area (Å²) in [5.74, 6) is -0.419. The molecule has 0 amide bonds. The zero-order valence-corrected chi connectivity index (χ0v) is 14.7. The number of para-hydroxylation sites is 1. The normalized spacial score (nSPS) is 11.5. The fraction of sp³-hybridized carbons (Fsp3) is 0. The van der Waals surface area contributed by atoms with E-state index in [1.807, 2.05) is 18.2 Å². The number of hydrogen-bond donors (Lipinski definition) is 0. The number of nitriles is 1. The lowest BCUT2D eigenvalue weighted by Gasteiger charge is -1.99. The molecule has 0 N–H and O–H groups in total. The number of benzene rings is 2. The van der Waals surface area contributed by atoms with Gasteiger partial charge in [-0.2, -0.15) is 5.26 Å². The Morgan fingerprint density at radius 1 is 1.19 bits per heavy atom. The fourth-order valence-electron chi connectivity index (χ4n) is 2.65. The monoisotopic (exact) mass is 374 g/mol. The van der Waals surface area contributed by atoms with Gasteiger partial charge in [-0.25, -0.2) is 14.2 Å². The first-order valence-electron chi connectivity index (χ1n) is 8.01. The predicted molar refractivity (Wildman–Crippen MR) is 103 cm³/mol. The molecule has 4 rings (SSSR count). The summed E-state index contributed by atoms with van der Waals surface area (Å²) in [4.78, 5) is 16.7. The van der Waals surface area contributed by atoms with Crippen molar-refractivity contribution in [3.05, 3.63) is 86.8 Å². The van der Waals surface area contributed by atoms with Crippen LogP contribution < -0.4 is 5.63 Å². The molecule has 6 heteroatoms. The van der Waals surface area contributed by atoms with Crippen LogP contribution in [-0.2, 0) is 0 Å². The van der Waals surface area contributed by atoms with Crippen LogP contribution in [0.2, 0.25) is 0 Å². The molecule has 0 fully saturated rings. The molecule has 0 aliphatic carbocycles. The van der Waals surface area contributed by atoms with Crippen molar-refractivity contribution >= 4 is 34.0 Å². The summed E-state index contributed by atoms with van der Waals surface area (Å²) in [5.41, 5.74) is 1.27. The Morgan fingerprint density at radius 3 is 2.78 bits per heavy atom. The number of fused-ring (bicyclic) bond motifs is 1. The summed E-state index contributed by atoms with van der Waals surface area (Å²) < 4.78 is 19.2. The number of rotatable bonds is 3. The first kappa shape index (κ1) is 16.9.